The second-order valence-electron chi connectivity index (χ2n) is 8.83. The molecule has 1 aliphatic rings. The molecule has 5 heteroatoms. The lowest BCUT2D eigenvalue weighted by Crippen LogP contribution is -2.43. The molecule has 154 valence electrons. The van der Waals surface area contributed by atoms with E-state index in [0.717, 1.165) is 30.2 Å². The number of hydrogen-bond acceptors (Lipinski definition) is 2. The maximum absolute atomic E-state index is 6.87. The maximum atomic E-state index is 6.87. The molecule has 0 aromatic heterocycles. The Labute approximate surface area is 177 Å². The zero-order valence-electron chi connectivity index (χ0n) is 17.7. The van der Waals surface area contributed by atoms with Gasteiger partial charge in [0.25, 0.3) is 0 Å². The van der Waals surface area contributed by atoms with Crippen LogP contribution in [0.4, 0.5) is 0 Å². The van der Waals surface area contributed by atoms with Crippen molar-refractivity contribution in [1.82, 2.24) is 5.32 Å². The minimum Gasteiger partial charge on any atom is -0.409 e. The predicted molar refractivity (Wildman–Crippen MR) is 122 cm³/mol. The summed E-state index contributed by atoms with van der Waals surface area (Å²) >= 11 is 13.1. The fourth-order valence-electron chi connectivity index (χ4n) is 4.20. The first-order valence-electron chi connectivity index (χ1n) is 10.6. The van der Waals surface area contributed by atoms with E-state index in [-0.39, 0.29) is 6.10 Å². The zero-order chi connectivity index (χ0) is 20.1. The molecule has 0 spiro atoms. The fraction of sp³-hybridized carbons (Fsp3) is 0.727. The van der Waals surface area contributed by atoms with Crippen LogP contribution in [-0.4, -0.2) is 20.9 Å². The van der Waals surface area contributed by atoms with Gasteiger partial charge in [0.1, 0.15) is 0 Å². The topological polar surface area (TPSA) is 21.3 Å². The van der Waals surface area contributed by atoms with Crippen LogP contribution in [0.15, 0.2) is 18.2 Å². The second kappa shape index (κ2) is 10.1. The third-order valence-corrected chi connectivity index (χ3v) is 11.9. The lowest BCUT2D eigenvalue weighted by molar-refractivity contribution is 0.160. The van der Waals surface area contributed by atoms with E-state index in [1.807, 2.05) is 18.2 Å². The minimum atomic E-state index is -1.78. The molecule has 2 nitrogen and oxygen atoms in total. The number of halogens is 2. The van der Waals surface area contributed by atoms with Gasteiger partial charge in [-0.1, -0.05) is 63.9 Å². The molecule has 0 heterocycles. The highest BCUT2D eigenvalue weighted by Crippen LogP contribution is 2.38. The van der Waals surface area contributed by atoms with Crippen molar-refractivity contribution >= 4 is 31.5 Å². The molecule has 1 N–H and O–H groups in total. The smallest absolute Gasteiger partial charge is 0.192 e. The molecule has 27 heavy (non-hydrogen) atoms. The highest BCUT2D eigenvalue weighted by Gasteiger charge is 2.34. The van der Waals surface area contributed by atoms with Crippen LogP contribution in [-0.2, 0) is 4.43 Å². The van der Waals surface area contributed by atoms with Gasteiger partial charge < -0.3 is 9.74 Å². The zero-order valence-corrected chi connectivity index (χ0v) is 20.2. The molecule has 1 saturated carbocycles. The molecule has 1 atom stereocenters. The number of nitrogens with one attached hydrogen (secondary N) is 1. The predicted octanol–water partition coefficient (Wildman–Crippen LogP) is 7.61. The van der Waals surface area contributed by atoms with E-state index >= 15 is 0 Å². The van der Waals surface area contributed by atoms with Crippen molar-refractivity contribution < 1.29 is 4.43 Å². The Balaban J connectivity index is 2.17. The lowest BCUT2D eigenvalue weighted by atomic mass is 9.75. The van der Waals surface area contributed by atoms with Crippen molar-refractivity contribution in [1.29, 1.82) is 0 Å². The van der Waals surface area contributed by atoms with Gasteiger partial charge in [-0.25, -0.2) is 0 Å². The van der Waals surface area contributed by atoms with Crippen LogP contribution in [0.1, 0.15) is 72.0 Å². The van der Waals surface area contributed by atoms with Crippen molar-refractivity contribution in [2.75, 3.05) is 6.54 Å². The van der Waals surface area contributed by atoms with Gasteiger partial charge in [0.15, 0.2) is 8.32 Å². The first-order chi connectivity index (χ1) is 12.8. The van der Waals surface area contributed by atoms with Gasteiger partial charge in [0.2, 0.25) is 0 Å². The van der Waals surface area contributed by atoms with Crippen molar-refractivity contribution in [3.8, 4) is 0 Å². The van der Waals surface area contributed by atoms with Gasteiger partial charge >= 0.3 is 0 Å². The summed E-state index contributed by atoms with van der Waals surface area (Å²) < 4.78 is 6.87. The first-order valence-corrected chi connectivity index (χ1v) is 13.9. The molecule has 2 rings (SSSR count). The summed E-state index contributed by atoms with van der Waals surface area (Å²) in [5.41, 5.74) is 1.44. The van der Waals surface area contributed by atoms with E-state index in [2.05, 4.69) is 39.9 Å². The van der Waals surface area contributed by atoms with Gasteiger partial charge in [-0.05, 0) is 61.4 Å². The van der Waals surface area contributed by atoms with Gasteiger partial charge in [-0.2, -0.15) is 0 Å². The first kappa shape index (κ1) is 23.2. The Morgan fingerprint density at radius 1 is 1.07 bits per heavy atom. The van der Waals surface area contributed by atoms with Crippen LogP contribution in [0.25, 0.3) is 0 Å². The molecular weight excluding hydrogens is 393 g/mol. The van der Waals surface area contributed by atoms with E-state index in [4.69, 9.17) is 27.6 Å². The van der Waals surface area contributed by atoms with Gasteiger partial charge in [-0.15, -0.1) is 0 Å². The summed E-state index contributed by atoms with van der Waals surface area (Å²) in [6, 6.07) is 9.69. The summed E-state index contributed by atoms with van der Waals surface area (Å²) in [6.07, 6.45) is 4.94. The third-order valence-electron chi connectivity index (χ3n) is 6.58. The van der Waals surface area contributed by atoms with Crippen molar-refractivity contribution in [2.24, 2.45) is 5.41 Å². The average molecular weight is 431 g/mol. The molecule has 0 radical (unpaired) electrons. The quantitative estimate of drug-likeness (QED) is 0.407. The number of rotatable bonds is 9. The van der Waals surface area contributed by atoms with Crippen LogP contribution in [0.3, 0.4) is 0 Å². The standard InChI is InChI=1S/C22H37Cl2NOSi/c1-6-27(7-2,8-3)26-20(21-18(23)10-9-11-19(21)24)16-25-17-12-14-22(4,5)15-13-17/h9-11,17,20,25H,6-8,12-16H2,1-5H3. The second-order valence-corrected chi connectivity index (χ2v) is 14.4. The van der Waals surface area contributed by atoms with E-state index in [1.54, 1.807) is 0 Å². The summed E-state index contributed by atoms with van der Waals surface area (Å²) in [7, 11) is -1.78. The van der Waals surface area contributed by atoms with Crippen LogP contribution >= 0.6 is 23.2 Å². The summed E-state index contributed by atoms with van der Waals surface area (Å²) in [4.78, 5) is 0. The Hall–Kier alpha value is -0.0631. The van der Waals surface area contributed by atoms with Crippen molar-refractivity contribution in [3.05, 3.63) is 33.8 Å². The van der Waals surface area contributed by atoms with Crippen molar-refractivity contribution in [2.45, 2.75) is 90.6 Å². The van der Waals surface area contributed by atoms with Crippen LogP contribution in [0.5, 0.6) is 0 Å². The Kier molecular flexibility index (Phi) is 8.70. The van der Waals surface area contributed by atoms with Crippen LogP contribution in [0.2, 0.25) is 28.2 Å². The third kappa shape index (κ3) is 6.21. The van der Waals surface area contributed by atoms with Gasteiger partial charge in [-0.3, -0.25) is 0 Å². The normalized spacial score (nSPS) is 19.2. The molecule has 1 aromatic carbocycles. The summed E-state index contributed by atoms with van der Waals surface area (Å²) in [5.74, 6) is 0. The van der Waals surface area contributed by atoms with Crippen LogP contribution in [0, 0.1) is 5.41 Å². The molecule has 0 aliphatic heterocycles. The molecule has 1 unspecified atom stereocenters. The van der Waals surface area contributed by atoms with E-state index in [9.17, 15) is 0 Å². The number of benzene rings is 1. The fourth-order valence-corrected chi connectivity index (χ4v) is 7.65. The molecule has 1 aromatic rings. The SMILES string of the molecule is CC[Si](CC)(CC)OC(CNC1CCC(C)(C)CC1)c1c(Cl)cccc1Cl. The minimum absolute atomic E-state index is 0.0762. The molecule has 1 fully saturated rings. The van der Waals surface area contributed by atoms with Crippen molar-refractivity contribution in [3.63, 3.8) is 0 Å². The highest BCUT2D eigenvalue weighted by atomic mass is 35.5. The summed E-state index contributed by atoms with van der Waals surface area (Å²) in [5, 5.41) is 5.21. The highest BCUT2D eigenvalue weighted by molar-refractivity contribution is 6.73. The van der Waals surface area contributed by atoms with E-state index < -0.39 is 8.32 Å². The maximum Gasteiger partial charge on any atom is 0.192 e. The molecular formula is C22H37Cl2NOSi. The average Bonchev–Trinajstić information content (AvgIpc) is 2.64. The molecule has 1 aliphatic carbocycles. The Bertz CT molecular complexity index is 565. The Morgan fingerprint density at radius 2 is 1.59 bits per heavy atom. The van der Waals surface area contributed by atoms with E-state index in [0.29, 0.717) is 21.5 Å². The Morgan fingerprint density at radius 3 is 2.07 bits per heavy atom. The lowest BCUT2D eigenvalue weighted by Gasteiger charge is -2.37. The van der Waals surface area contributed by atoms with Crippen LogP contribution < -0.4 is 5.32 Å². The summed E-state index contributed by atoms with van der Waals surface area (Å²) in [6.45, 7) is 12.3. The molecule has 0 saturated heterocycles. The number of hydrogen-bond donors (Lipinski definition) is 1. The largest absolute Gasteiger partial charge is 0.409 e. The van der Waals surface area contributed by atoms with E-state index in [1.165, 1.54) is 25.7 Å². The van der Waals surface area contributed by atoms with Gasteiger partial charge in [0.05, 0.1) is 6.10 Å². The molecule has 0 amide bonds. The molecule has 0 bridgehead atoms. The van der Waals surface area contributed by atoms with Gasteiger partial charge in [0, 0.05) is 28.2 Å². The monoisotopic (exact) mass is 429 g/mol.